The van der Waals surface area contributed by atoms with Crippen LogP contribution in [0, 0.1) is 0 Å². The Morgan fingerprint density at radius 2 is 1.96 bits per heavy atom. The number of likely N-dealkylation sites (N-methyl/N-ethyl adjacent to an activating group) is 2. The lowest BCUT2D eigenvalue weighted by Crippen LogP contribution is -2.63. The summed E-state index contributed by atoms with van der Waals surface area (Å²) < 4.78 is 1.93. The fraction of sp³-hybridized carbons (Fsp3) is 0.389. The molecule has 2 atom stereocenters. The Kier molecular flexibility index (Phi) is 4.03. The summed E-state index contributed by atoms with van der Waals surface area (Å²) in [6, 6.07) is 6.41. The summed E-state index contributed by atoms with van der Waals surface area (Å²) in [4.78, 5) is 32.4. The first kappa shape index (κ1) is 17.7. The third kappa shape index (κ3) is 2.63. The second-order valence-electron chi connectivity index (χ2n) is 6.92. The molecule has 0 aliphatic carbocycles. The molecule has 3 heterocycles. The van der Waals surface area contributed by atoms with Crippen molar-refractivity contribution in [2.45, 2.75) is 32.5 Å². The van der Waals surface area contributed by atoms with Gasteiger partial charge >= 0.3 is 12.0 Å². The van der Waals surface area contributed by atoms with Gasteiger partial charge in [0.15, 0.2) is 0 Å². The number of hydrogen-bond acceptors (Lipinski definition) is 5. The summed E-state index contributed by atoms with van der Waals surface area (Å²) in [5.74, 6) is 0.721. The van der Waals surface area contributed by atoms with E-state index in [4.69, 9.17) is 11.6 Å². The quantitative estimate of drug-likeness (QED) is 0.723. The standard InChI is InChI=1S/C18H20ClN6O2/c1-10-11(2)25-14-15(22(3)18(27)23(4)16(14)26)20-17(25)24(21-10)9-12-6-5-7-13(19)8-12/h5-8,11,14H,9H2,1-4H3/q+1. The summed E-state index contributed by atoms with van der Waals surface area (Å²) >= 11 is 6.10. The number of halogens is 1. The number of amidine groups is 1. The zero-order valence-electron chi connectivity index (χ0n) is 15.5. The van der Waals surface area contributed by atoms with Gasteiger partial charge < -0.3 is 0 Å². The van der Waals surface area contributed by atoms with Crippen molar-refractivity contribution in [1.29, 1.82) is 0 Å². The molecule has 1 aromatic carbocycles. The van der Waals surface area contributed by atoms with Gasteiger partial charge in [-0.1, -0.05) is 28.7 Å². The zero-order chi connectivity index (χ0) is 19.5. The molecule has 1 aromatic rings. The van der Waals surface area contributed by atoms with E-state index in [1.165, 1.54) is 11.9 Å². The fourth-order valence-electron chi connectivity index (χ4n) is 3.57. The number of carbonyl (C=O) groups excluding carboxylic acids is 2. The van der Waals surface area contributed by atoms with E-state index in [0.717, 1.165) is 16.2 Å². The van der Waals surface area contributed by atoms with Crippen molar-refractivity contribution in [2.24, 2.45) is 10.1 Å². The molecule has 0 radical (unpaired) electrons. The number of imide groups is 1. The second kappa shape index (κ2) is 6.16. The van der Waals surface area contributed by atoms with Gasteiger partial charge in [-0.05, 0) is 31.5 Å². The molecular formula is C18H20ClN6O2+. The molecule has 27 heavy (non-hydrogen) atoms. The highest BCUT2D eigenvalue weighted by Gasteiger charge is 2.55. The SMILES string of the molecule is CC1=NN(Cc2cccc(Cl)c2)C2=[N+](C1C)C1C(=O)N(C)C(=O)N(C)C1=N2. The number of rotatable bonds is 2. The number of carbonyl (C=O) groups is 2. The Morgan fingerprint density at radius 3 is 2.67 bits per heavy atom. The number of hydrazone groups is 1. The number of nitrogens with zero attached hydrogens (tertiary/aromatic N) is 6. The maximum absolute atomic E-state index is 12.8. The molecule has 0 saturated carbocycles. The molecule has 4 rings (SSSR count). The highest BCUT2D eigenvalue weighted by molar-refractivity contribution is 6.30. The van der Waals surface area contributed by atoms with Crippen molar-refractivity contribution in [1.82, 2.24) is 14.8 Å². The van der Waals surface area contributed by atoms with Gasteiger partial charge in [0.05, 0.1) is 5.71 Å². The van der Waals surface area contributed by atoms with E-state index in [9.17, 15) is 9.59 Å². The smallest absolute Gasteiger partial charge is 0.270 e. The van der Waals surface area contributed by atoms with E-state index in [1.807, 2.05) is 42.7 Å². The lowest BCUT2D eigenvalue weighted by atomic mass is 10.1. The molecule has 3 aliphatic rings. The average Bonchev–Trinajstić information content (AvgIpc) is 3.04. The summed E-state index contributed by atoms with van der Waals surface area (Å²) in [5.41, 5.74) is 1.84. The maximum atomic E-state index is 12.8. The van der Waals surface area contributed by atoms with Crippen LogP contribution in [-0.2, 0) is 11.3 Å². The molecule has 0 bridgehead atoms. The minimum Gasteiger partial charge on any atom is -0.270 e. The monoisotopic (exact) mass is 387 g/mol. The molecular weight excluding hydrogens is 368 g/mol. The van der Waals surface area contributed by atoms with Crippen LogP contribution in [0.1, 0.15) is 19.4 Å². The van der Waals surface area contributed by atoms with Crippen LogP contribution in [0.4, 0.5) is 4.79 Å². The highest BCUT2D eigenvalue weighted by Crippen LogP contribution is 2.26. The van der Waals surface area contributed by atoms with Gasteiger partial charge in [-0.15, -0.1) is 10.1 Å². The molecule has 3 amide bonds. The molecule has 0 N–H and O–H groups in total. The Balaban J connectivity index is 1.77. The average molecular weight is 388 g/mol. The van der Waals surface area contributed by atoms with Crippen molar-refractivity contribution < 1.29 is 14.2 Å². The van der Waals surface area contributed by atoms with E-state index in [0.29, 0.717) is 23.4 Å². The second-order valence-corrected chi connectivity index (χ2v) is 7.36. The number of benzene rings is 1. The Morgan fingerprint density at radius 1 is 1.22 bits per heavy atom. The van der Waals surface area contributed by atoms with E-state index in [2.05, 4.69) is 10.1 Å². The van der Waals surface area contributed by atoms with Crippen LogP contribution < -0.4 is 0 Å². The van der Waals surface area contributed by atoms with Crippen molar-refractivity contribution in [3.8, 4) is 0 Å². The molecule has 3 aliphatic heterocycles. The molecule has 0 spiro atoms. The van der Waals surface area contributed by atoms with Crippen LogP contribution in [0.5, 0.6) is 0 Å². The Bertz CT molecular complexity index is 953. The molecule has 8 nitrogen and oxygen atoms in total. The van der Waals surface area contributed by atoms with E-state index < -0.39 is 6.04 Å². The molecule has 1 saturated heterocycles. The number of fused-ring (bicyclic) bond motifs is 2. The molecule has 1 fully saturated rings. The molecule has 2 unspecified atom stereocenters. The summed E-state index contributed by atoms with van der Waals surface area (Å²) in [5, 5.41) is 7.08. The predicted molar refractivity (Wildman–Crippen MR) is 102 cm³/mol. The number of urea groups is 1. The van der Waals surface area contributed by atoms with Crippen molar-refractivity contribution >= 4 is 41.0 Å². The molecule has 9 heteroatoms. The van der Waals surface area contributed by atoms with Crippen LogP contribution in [0.15, 0.2) is 34.4 Å². The van der Waals surface area contributed by atoms with Crippen LogP contribution >= 0.6 is 11.6 Å². The summed E-state index contributed by atoms with van der Waals surface area (Å²) in [7, 11) is 3.13. The van der Waals surface area contributed by atoms with Crippen LogP contribution in [0.25, 0.3) is 0 Å². The van der Waals surface area contributed by atoms with Gasteiger partial charge in [-0.3, -0.25) is 14.6 Å². The minimum atomic E-state index is -0.630. The number of guanidine groups is 1. The van der Waals surface area contributed by atoms with Gasteiger partial charge in [0.25, 0.3) is 5.91 Å². The summed E-state index contributed by atoms with van der Waals surface area (Å²) in [6.45, 7) is 4.37. The maximum Gasteiger partial charge on any atom is 0.417 e. The first-order valence-electron chi connectivity index (χ1n) is 8.66. The highest BCUT2D eigenvalue weighted by atomic mass is 35.5. The van der Waals surface area contributed by atoms with Crippen LogP contribution in [0.2, 0.25) is 5.02 Å². The minimum absolute atomic E-state index is 0.110. The van der Waals surface area contributed by atoms with Gasteiger partial charge in [0.2, 0.25) is 11.9 Å². The van der Waals surface area contributed by atoms with Gasteiger partial charge in [0.1, 0.15) is 12.6 Å². The third-order valence-electron chi connectivity index (χ3n) is 5.20. The third-order valence-corrected chi connectivity index (χ3v) is 5.44. The zero-order valence-corrected chi connectivity index (χ0v) is 16.3. The Hall–Kier alpha value is -2.74. The predicted octanol–water partition coefficient (Wildman–Crippen LogP) is 1.59. The lowest BCUT2D eigenvalue weighted by molar-refractivity contribution is -0.559. The molecule has 140 valence electrons. The van der Waals surface area contributed by atoms with Crippen molar-refractivity contribution in [2.75, 3.05) is 14.1 Å². The fourth-order valence-corrected chi connectivity index (χ4v) is 3.78. The van der Waals surface area contributed by atoms with Gasteiger partial charge in [-0.2, -0.15) is 0 Å². The number of amides is 3. The Labute approximate surface area is 162 Å². The topological polar surface area (TPSA) is 71.6 Å². The van der Waals surface area contributed by atoms with Gasteiger partial charge in [-0.25, -0.2) is 9.37 Å². The van der Waals surface area contributed by atoms with E-state index >= 15 is 0 Å². The van der Waals surface area contributed by atoms with E-state index in [-0.39, 0.29) is 18.0 Å². The van der Waals surface area contributed by atoms with Crippen molar-refractivity contribution in [3.05, 3.63) is 34.9 Å². The number of aliphatic imine (C=N–C) groups is 1. The van der Waals surface area contributed by atoms with Crippen molar-refractivity contribution in [3.63, 3.8) is 0 Å². The largest absolute Gasteiger partial charge is 0.417 e. The summed E-state index contributed by atoms with van der Waals surface area (Å²) in [6.07, 6.45) is 0. The van der Waals surface area contributed by atoms with Crippen LogP contribution in [-0.4, -0.2) is 75.0 Å². The number of hydrogen-bond donors (Lipinski definition) is 0. The molecule has 0 aromatic heterocycles. The van der Waals surface area contributed by atoms with Gasteiger partial charge in [0, 0.05) is 19.1 Å². The lowest BCUT2D eigenvalue weighted by Gasteiger charge is -2.33. The normalized spacial score (nSPS) is 24.9. The van der Waals surface area contributed by atoms with E-state index in [1.54, 1.807) is 12.1 Å². The first-order chi connectivity index (χ1) is 12.8. The van der Waals surface area contributed by atoms with Crippen LogP contribution in [0.3, 0.4) is 0 Å². The first-order valence-corrected chi connectivity index (χ1v) is 9.03.